The molecule has 2 heterocycles. The third kappa shape index (κ3) is 7.73. The molecule has 0 N–H and O–H groups in total. The number of rotatable bonds is 3. The molecule has 1 aliphatic heterocycles. The molecule has 0 unspecified atom stereocenters. The second-order valence-electron chi connectivity index (χ2n) is 9.03. The molecule has 0 spiro atoms. The monoisotopic (exact) mass is 628 g/mol. The van der Waals surface area contributed by atoms with Crippen molar-refractivity contribution in [1.82, 2.24) is 4.57 Å². The number of aromatic nitrogens is 2. The van der Waals surface area contributed by atoms with Crippen LogP contribution in [0.15, 0.2) is 54.4 Å². The second-order valence-corrected chi connectivity index (χ2v) is 12.4. The first-order chi connectivity index (χ1) is 17.9. The van der Waals surface area contributed by atoms with E-state index < -0.39 is 19.9 Å². The molecule has 1 aliphatic rings. The van der Waals surface area contributed by atoms with Gasteiger partial charge in [0.2, 0.25) is 0 Å². The van der Waals surface area contributed by atoms with Crippen LogP contribution in [0.1, 0.15) is 39.6 Å². The SMILES string of the molecule is CC(C)N1/C(=C/c2n(C(C)C)c3ccccc3[n+]2C)N(C)c2ccccc21.ClC(Cl)Cl.O=S(=O)([O-])C(F)(F)F. The minimum absolute atomic E-state index is 0.379. The number of benzene rings is 2. The number of aryl methyl sites for hydroxylation is 1. The van der Waals surface area contributed by atoms with Gasteiger partial charge in [0.1, 0.15) is 5.82 Å². The van der Waals surface area contributed by atoms with Crippen molar-refractivity contribution in [3.63, 3.8) is 0 Å². The Morgan fingerprint density at radius 3 is 1.85 bits per heavy atom. The van der Waals surface area contributed by atoms with Gasteiger partial charge in [-0.05, 0) is 52.0 Å². The van der Waals surface area contributed by atoms with Crippen LogP contribution in [0.2, 0.25) is 0 Å². The molecule has 0 bridgehead atoms. The molecule has 0 amide bonds. The smallest absolute Gasteiger partial charge is 0.485 e. The van der Waals surface area contributed by atoms with Crippen LogP contribution in [0.4, 0.5) is 24.5 Å². The molecule has 2 aromatic carbocycles. The Morgan fingerprint density at radius 1 is 0.923 bits per heavy atom. The third-order valence-electron chi connectivity index (χ3n) is 5.76. The van der Waals surface area contributed by atoms with E-state index in [0.717, 1.165) is 0 Å². The van der Waals surface area contributed by atoms with Gasteiger partial charge < -0.3 is 14.4 Å². The highest BCUT2D eigenvalue weighted by molar-refractivity contribution is 7.86. The van der Waals surface area contributed by atoms with E-state index in [1.165, 1.54) is 34.1 Å². The molecule has 1 aromatic heterocycles. The zero-order valence-electron chi connectivity index (χ0n) is 22.1. The summed E-state index contributed by atoms with van der Waals surface area (Å²) < 4.78 is 62.9. The highest BCUT2D eigenvalue weighted by Gasteiger charge is 2.37. The number of hydrogen-bond donors (Lipinski definition) is 0. The Hall–Kier alpha value is -2.18. The number of halogens is 6. The van der Waals surface area contributed by atoms with Gasteiger partial charge >= 0.3 is 5.51 Å². The fourth-order valence-electron chi connectivity index (χ4n) is 4.25. The molecular formula is C25H30Cl3F3N4O3S. The maximum atomic E-state index is 10.7. The van der Waals surface area contributed by atoms with Crippen LogP contribution in [0, 0.1) is 0 Å². The lowest BCUT2D eigenvalue weighted by Gasteiger charge is -2.26. The molecule has 0 fully saturated rings. The number of nitrogens with zero attached hydrogens (tertiary/aromatic N) is 4. The van der Waals surface area contributed by atoms with Gasteiger partial charge in [0.15, 0.2) is 25.4 Å². The van der Waals surface area contributed by atoms with Gasteiger partial charge in [-0.15, -0.1) is 0 Å². The van der Waals surface area contributed by atoms with Crippen LogP contribution in [0.25, 0.3) is 17.1 Å². The Labute approximate surface area is 241 Å². The molecule has 7 nitrogen and oxygen atoms in total. The highest BCUT2D eigenvalue weighted by atomic mass is 35.6. The van der Waals surface area contributed by atoms with Crippen LogP contribution in [-0.4, -0.2) is 40.4 Å². The molecule has 0 saturated carbocycles. The predicted octanol–water partition coefficient (Wildman–Crippen LogP) is 6.75. The van der Waals surface area contributed by atoms with Crippen molar-refractivity contribution in [3.8, 4) is 0 Å². The average molecular weight is 630 g/mol. The van der Waals surface area contributed by atoms with Crippen molar-refractivity contribution in [3.05, 3.63) is 60.2 Å². The van der Waals surface area contributed by atoms with Gasteiger partial charge in [0, 0.05) is 13.1 Å². The van der Waals surface area contributed by atoms with Crippen LogP contribution >= 0.6 is 34.8 Å². The summed E-state index contributed by atoms with van der Waals surface area (Å²) in [5.41, 5.74) is -0.584. The number of anilines is 2. The van der Waals surface area contributed by atoms with E-state index >= 15 is 0 Å². The van der Waals surface area contributed by atoms with E-state index in [2.05, 4.69) is 115 Å². The maximum absolute atomic E-state index is 10.7. The van der Waals surface area contributed by atoms with Crippen LogP contribution in [0.5, 0.6) is 0 Å². The first-order valence-corrected chi connectivity index (χ1v) is 14.4. The van der Waals surface area contributed by atoms with Crippen LogP contribution in [-0.2, 0) is 17.2 Å². The lowest BCUT2D eigenvalue weighted by atomic mass is 10.2. The van der Waals surface area contributed by atoms with E-state index in [0.29, 0.717) is 12.1 Å². The standard InChI is InChI=1S/C23H29N4.CHCl3.CHF3O3S/c1-16(2)26-20-13-9-7-11-18(20)24(5)22(26)15-23-25(6)19-12-8-10-14-21(19)27(23)17(3)4;2-1(3)4;2-1(3,4)8(5,6)7/h7-17H,1-6H3;1H;(H,5,6,7)/q+1;;/p-1. The predicted molar refractivity (Wildman–Crippen MR) is 151 cm³/mol. The summed E-state index contributed by atoms with van der Waals surface area (Å²) in [6.07, 6.45) is 2.33. The number of para-hydroxylation sites is 4. The summed E-state index contributed by atoms with van der Waals surface area (Å²) >= 11 is 14.4. The van der Waals surface area contributed by atoms with Crippen molar-refractivity contribution in [2.24, 2.45) is 7.05 Å². The van der Waals surface area contributed by atoms with Gasteiger partial charge in [0.25, 0.3) is 5.82 Å². The number of imidazole rings is 1. The Morgan fingerprint density at radius 2 is 1.38 bits per heavy atom. The van der Waals surface area contributed by atoms with Crippen molar-refractivity contribution < 1.29 is 30.7 Å². The van der Waals surface area contributed by atoms with Crippen molar-refractivity contribution in [1.29, 1.82) is 0 Å². The number of hydrogen-bond acceptors (Lipinski definition) is 5. The van der Waals surface area contributed by atoms with E-state index in [1.807, 2.05) is 0 Å². The van der Waals surface area contributed by atoms with Gasteiger partial charge in [-0.2, -0.15) is 13.2 Å². The quantitative estimate of drug-likeness (QED) is 0.139. The average Bonchev–Trinajstić information content (AvgIpc) is 3.24. The van der Waals surface area contributed by atoms with Gasteiger partial charge in [-0.1, -0.05) is 59.1 Å². The number of alkyl halides is 6. The molecule has 14 heteroatoms. The highest BCUT2D eigenvalue weighted by Crippen LogP contribution is 2.42. The lowest BCUT2D eigenvalue weighted by molar-refractivity contribution is -0.647. The van der Waals surface area contributed by atoms with Gasteiger partial charge in [-0.25, -0.2) is 17.6 Å². The van der Waals surface area contributed by atoms with Crippen LogP contribution < -0.4 is 14.4 Å². The lowest BCUT2D eigenvalue weighted by Crippen LogP contribution is -2.35. The normalized spacial score (nSPS) is 14.6. The molecule has 0 saturated heterocycles. The topological polar surface area (TPSA) is 72.5 Å². The number of fused-ring (bicyclic) bond motifs is 2. The van der Waals surface area contributed by atoms with Gasteiger partial charge in [0.05, 0.1) is 30.5 Å². The minimum atomic E-state index is -6.09. The summed E-state index contributed by atoms with van der Waals surface area (Å²) in [5.74, 6) is 2.43. The van der Waals surface area contributed by atoms with E-state index in [1.54, 1.807) is 0 Å². The van der Waals surface area contributed by atoms with E-state index in [4.69, 9.17) is 47.8 Å². The van der Waals surface area contributed by atoms with Crippen molar-refractivity contribution in [2.75, 3.05) is 16.8 Å². The molecule has 216 valence electrons. The first-order valence-electron chi connectivity index (χ1n) is 11.7. The largest absolute Gasteiger partial charge is 0.741 e. The Balaban J connectivity index is 0.000000375. The molecule has 0 atom stereocenters. The third-order valence-corrected chi connectivity index (χ3v) is 6.33. The van der Waals surface area contributed by atoms with E-state index in [-0.39, 0.29) is 0 Å². The maximum Gasteiger partial charge on any atom is 0.485 e. The minimum Gasteiger partial charge on any atom is -0.741 e. The molecule has 0 radical (unpaired) electrons. The summed E-state index contributed by atoms with van der Waals surface area (Å²) in [5, 5.41) is 0. The molecule has 39 heavy (non-hydrogen) atoms. The van der Waals surface area contributed by atoms with Crippen molar-refractivity contribution in [2.45, 2.75) is 49.6 Å². The summed E-state index contributed by atoms with van der Waals surface area (Å²) in [4.78, 5) is 4.73. The fraction of sp³-hybridized carbons (Fsp3) is 0.400. The Kier molecular flexibility index (Phi) is 11.0. The Bertz CT molecular complexity index is 1420. The molecule has 4 rings (SSSR count). The summed E-state index contributed by atoms with van der Waals surface area (Å²) in [7, 11) is -1.77. The fourth-order valence-corrected chi connectivity index (χ4v) is 4.25. The molecule has 0 aliphatic carbocycles. The zero-order valence-corrected chi connectivity index (χ0v) is 25.2. The molecule has 3 aromatic rings. The van der Waals surface area contributed by atoms with Crippen LogP contribution in [0.3, 0.4) is 0 Å². The van der Waals surface area contributed by atoms with Crippen molar-refractivity contribution >= 4 is 73.4 Å². The van der Waals surface area contributed by atoms with E-state index in [9.17, 15) is 13.2 Å². The first kappa shape index (κ1) is 33.0. The summed E-state index contributed by atoms with van der Waals surface area (Å²) in [6.45, 7) is 9.01. The van der Waals surface area contributed by atoms with Gasteiger partial charge in [-0.3, -0.25) is 0 Å². The second kappa shape index (κ2) is 13.0. The summed E-state index contributed by atoms with van der Waals surface area (Å²) in [6, 6.07) is 18.0. The zero-order chi connectivity index (χ0) is 29.9. The molecular weight excluding hydrogens is 600 g/mol.